The number of carbonyl (C=O) groups excluding carboxylic acids is 3. The van der Waals surface area contributed by atoms with Crippen LogP contribution in [-0.2, 0) is 25.6 Å². The van der Waals surface area contributed by atoms with Crippen LogP contribution in [0.1, 0.15) is 31.0 Å². The Bertz CT molecular complexity index is 1220. The van der Waals surface area contributed by atoms with E-state index in [4.69, 9.17) is 4.84 Å². The van der Waals surface area contributed by atoms with Gasteiger partial charge < -0.3 is 5.32 Å². The molecule has 0 saturated carbocycles. The van der Waals surface area contributed by atoms with Gasteiger partial charge in [0, 0.05) is 12.6 Å². The molecule has 172 valence electrons. The molecule has 3 aromatic rings. The summed E-state index contributed by atoms with van der Waals surface area (Å²) in [5.74, 6) is -1.51. The van der Waals surface area contributed by atoms with Gasteiger partial charge in [-0.15, -0.1) is 0 Å². The normalized spacial score (nSPS) is 21.6. The molecule has 0 spiro atoms. The molecule has 3 aromatic carbocycles. The van der Waals surface area contributed by atoms with Gasteiger partial charge in [0.05, 0.1) is 17.4 Å². The van der Waals surface area contributed by atoms with Gasteiger partial charge in [0.2, 0.25) is 11.8 Å². The van der Waals surface area contributed by atoms with Gasteiger partial charge >= 0.3 is 0 Å². The van der Waals surface area contributed by atoms with Gasteiger partial charge in [-0.3, -0.25) is 19.2 Å². The second-order valence-corrected chi connectivity index (χ2v) is 8.49. The Labute approximate surface area is 197 Å². The van der Waals surface area contributed by atoms with Crippen molar-refractivity contribution in [2.24, 2.45) is 5.92 Å². The molecule has 3 atom stereocenters. The molecule has 2 saturated heterocycles. The molecular weight excluding hydrogens is 430 g/mol. The zero-order chi connectivity index (χ0) is 23.8. The lowest BCUT2D eigenvalue weighted by Gasteiger charge is -2.29. The quantitative estimate of drug-likeness (QED) is 0.582. The fraction of sp³-hybridized carbons (Fsp3) is 0.222. The highest BCUT2D eigenvalue weighted by Gasteiger charge is 2.60. The zero-order valence-electron chi connectivity index (χ0n) is 19.0. The smallest absolute Gasteiger partial charge is 0.266 e. The number of amides is 3. The SMILES string of the molecule is CCc1ccc(N2C(=O)[C@@H]3[C@H](ON(c4ccccc4)[C@H]3c3ccc(NC(C)=O)cc3)C2=O)cc1. The van der Waals surface area contributed by atoms with Crippen LogP contribution >= 0.6 is 0 Å². The van der Waals surface area contributed by atoms with Gasteiger partial charge in [-0.05, 0) is 53.9 Å². The Morgan fingerprint density at radius 1 is 0.882 bits per heavy atom. The van der Waals surface area contributed by atoms with Gasteiger partial charge in [-0.2, -0.15) is 0 Å². The summed E-state index contributed by atoms with van der Waals surface area (Å²) in [5.41, 5.74) is 3.91. The van der Waals surface area contributed by atoms with Crippen molar-refractivity contribution in [3.8, 4) is 0 Å². The maximum atomic E-state index is 13.7. The van der Waals surface area contributed by atoms with E-state index in [1.807, 2.05) is 66.7 Å². The van der Waals surface area contributed by atoms with Crippen LogP contribution in [0.25, 0.3) is 0 Å². The summed E-state index contributed by atoms with van der Waals surface area (Å²) in [4.78, 5) is 45.9. The molecule has 1 N–H and O–H groups in total. The average Bonchev–Trinajstić information content (AvgIpc) is 3.36. The minimum absolute atomic E-state index is 0.163. The minimum atomic E-state index is -0.918. The van der Waals surface area contributed by atoms with E-state index in [0.717, 1.165) is 23.2 Å². The van der Waals surface area contributed by atoms with Gasteiger partial charge in [-0.1, -0.05) is 49.4 Å². The summed E-state index contributed by atoms with van der Waals surface area (Å²) in [5, 5.41) is 4.42. The van der Waals surface area contributed by atoms with Crippen LogP contribution in [-0.4, -0.2) is 23.8 Å². The van der Waals surface area contributed by atoms with E-state index in [-0.39, 0.29) is 17.7 Å². The number of hydrogen-bond acceptors (Lipinski definition) is 5. The van der Waals surface area contributed by atoms with Crippen LogP contribution in [0.15, 0.2) is 78.9 Å². The number of anilines is 3. The Morgan fingerprint density at radius 2 is 1.56 bits per heavy atom. The van der Waals surface area contributed by atoms with Gasteiger partial charge in [-0.25, -0.2) is 9.96 Å². The van der Waals surface area contributed by atoms with E-state index in [9.17, 15) is 14.4 Å². The van der Waals surface area contributed by atoms with Gasteiger partial charge in [0.15, 0.2) is 6.10 Å². The summed E-state index contributed by atoms with van der Waals surface area (Å²) >= 11 is 0. The predicted octanol–water partition coefficient (Wildman–Crippen LogP) is 4.26. The summed E-state index contributed by atoms with van der Waals surface area (Å²) < 4.78 is 0. The van der Waals surface area contributed by atoms with Crippen molar-refractivity contribution in [3.05, 3.63) is 90.0 Å². The standard InChI is InChI=1S/C27H25N3O4/c1-3-18-9-15-21(16-10-18)29-26(32)23-24(19-11-13-20(14-12-19)28-17(2)31)30(34-25(23)27(29)33)22-7-5-4-6-8-22/h4-16,23-25H,3H2,1-2H3,(H,28,31)/t23-,24-,25-/m0/s1. The van der Waals surface area contributed by atoms with Crippen molar-refractivity contribution in [3.63, 3.8) is 0 Å². The molecule has 5 rings (SSSR count). The Hall–Kier alpha value is -3.97. The summed E-state index contributed by atoms with van der Waals surface area (Å²) in [6, 6.07) is 23.7. The predicted molar refractivity (Wildman–Crippen MR) is 129 cm³/mol. The second kappa shape index (κ2) is 8.76. The summed E-state index contributed by atoms with van der Waals surface area (Å²) in [7, 11) is 0. The molecule has 2 aliphatic rings. The van der Waals surface area contributed by atoms with Crippen molar-refractivity contribution in [2.45, 2.75) is 32.4 Å². The van der Waals surface area contributed by atoms with Crippen molar-refractivity contribution < 1.29 is 19.2 Å². The van der Waals surface area contributed by atoms with E-state index in [2.05, 4.69) is 12.2 Å². The number of fused-ring (bicyclic) bond motifs is 1. The fourth-order valence-electron chi connectivity index (χ4n) is 4.65. The van der Waals surface area contributed by atoms with Crippen LogP contribution in [0.2, 0.25) is 0 Å². The van der Waals surface area contributed by atoms with Crippen LogP contribution in [0, 0.1) is 5.92 Å². The fourth-order valence-corrected chi connectivity index (χ4v) is 4.65. The number of hydroxylamine groups is 1. The molecule has 2 fully saturated rings. The zero-order valence-corrected chi connectivity index (χ0v) is 19.0. The van der Waals surface area contributed by atoms with E-state index in [1.54, 1.807) is 17.2 Å². The number of para-hydroxylation sites is 1. The van der Waals surface area contributed by atoms with E-state index < -0.39 is 18.1 Å². The lowest BCUT2D eigenvalue weighted by atomic mass is 9.90. The number of rotatable bonds is 5. The van der Waals surface area contributed by atoms with Crippen molar-refractivity contribution >= 4 is 34.8 Å². The Kier molecular flexibility index (Phi) is 5.63. The molecule has 7 heteroatoms. The number of imide groups is 1. The Balaban J connectivity index is 1.53. The number of nitrogens with one attached hydrogen (secondary N) is 1. The van der Waals surface area contributed by atoms with Gasteiger partial charge in [0.1, 0.15) is 5.92 Å². The molecule has 0 bridgehead atoms. The molecule has 0 aromatic heterocycles. The van der Waals surface area contributed by atoms with Crippen LogP contribution in [0.4, 0.5) is 17.1 Å². The number of nitrogens with zero attached hydrogens (tertiary/aromatic N) is 2. The molecule has 0 radical (unpaired) electrons. The molecule has 3 amide bonds. The lowest BCUT2D eigenvalue weighted by molar-refractivity contribution is -0.126. The lowest BCUT2D eigenvalue weighted by Crippen LogP contribution is -2.37. The topological polar surface area (TPSA) is 79.0 Å². The third-order valence-electron chi connectivity index (χ3n) is 6.30. The van der Waals surface area contributed by atoms with Crippen molar-refractivity contribution in [2.75, 3.05) is 15.3 Å². The van der Waals surface area contributed by atoms with Crippen molar-refractivity contribution in [1.82, 2.24) is 0 Å². The first-order valence-electron chi connectivity index (χ1n) is 11.3. The first-order chi connectivity index (χ1) is 16.5. The largest absolute Gasteiger partial charge is 0.326 e. The number of benzene rings is 3. The molecule has 34 heavy (non-hydrogen) atoms. The molecule has 2 aliphatic heterocycles. The highest BCUT2D eigenvalue weighted by Crippen LogP contribution is 2.47. The highest BCUT2D eigenvalue weighted by molar-refractivity contribution is 6.23. The van der Waals surface area contributed by atoms with E-state index in [0.29, 0.717) is 11.4 Å². The molecule has 0 aliphatic carbocycles. The van der Waals surface area contributed by atoms with Crippen LogP contribution in [0.3, 0.4) is 0 Å². The first-order valence-corrected chi connectivity index (χ1v) is 11.3. The monoisotopic (exact) mass is 455 g/mol. The average molecular weight is 456 g/mol. The number of hydrogen-bond donors (Lipinski definition) is 1. The molecule has 7 nitrogen and oxygen atoms in total. The number of aryl methyl sites for hydroxylation is 1. The van der Waals surface area contributed by atoms with Crippen LogP contribution in [0.5, 0.6) is 0 Å². The third kappa shape index (κ3) is 3.74. The van der Waals surface area contributed by atoms with Gasteiger partial charge in [0.25, 0.3) is 5.91 Å². The summed E-state index contributed by atoms with van der Waals surface area (Å²) in [6.45, 7) is 3.50. The summed E-state index contributed by atoms with van der Waals surface area (Å²) in [6.07, 6.45) is -0.0439. The van der Waals surface area contributed by atoms with Crippen LogP contribution < -0.4 is 15.3 Å². The first kappa shape index (κ1) is 21.9. The van der Waals surface area contributed by atoms with E-state index >= 15 is 0 Å². The third-order valence-corrected chi connectivity index (χ3v) is 6.30. The van der Waals surface area contributed by atoms with Crippen molar-refractivity contribution in [1.29, 1.82) is 0 Å². The van der Waals surface area contributed by atoms with E-state index in [1.165, 1.54) is 11.8 Å². The molecule has 2 heterocycles. The molecule has 0 unspecified atom stereocenters. The minimum Gasteiger partial charge on any atom is -0.326 e. The maximum absolute atomic E-state index is 13.7. The number of carbonyl (C=O) groups is 3. The molecular formula is C27H25N3O4. The maximum Gasteiger partial charge on any atom is 0.266 e. The second-order valence-electron chi connectivity index (χ2n) is 8.49. The Morgan fingerprint density at radius 3 is 2.18 bits per heavy atom. The highest BCUT2D eigenvalue weighted by atomic mass is 16.7.